The van der Waals surface area contributed by atoms with E-state index < -0.39 is 21.6 Å². The minimum absolute atomic E-state index is 0.108. The molecule has 0 radical (unpaired) electrons. The quantitative estimate of drug-likeness (QED) is 0.168. The molecule has 0 aliphatic carbocycles. The Labute approximate surface area is 241 Å². The van der Waals surface area contributed by atoms with Crippen LogP contribution < -0.4 is 14.8 Å². The lowest BCUT2D eigenvalue weighted by Gasteiger charge is -2.28. The van der Waals surface area contributed by atoms with Gasteiger partial charge in [0.05, 0.1) is 36.4 Å². The van der Waals surface area contributed by atoms with Gasteiger partial charge in [-0.25, -0.2) is 17.6 Å². The first-order chi connectivity index (χ1) is 19.5. The third-order valence-corrected chi connectivity index (χ3v) is 9.37. The average molecular weight is 582 g/mol. The number of esters is 1. The zero-order valence-electron chi connectivity index (χ0n) is 24.0. The van der Waals surface area contributed by atoms with Crippen LogP contribution in [0.4, 0.5) is 10.1 Å². The van der Waals surface area contributed by atoms with Crippen LogP contribution in [0.2, 0.25) is 0 Å². The Morgan fingerprint density at radius 1 is 1.15 bits per heavy atom. The molecule has 3 aromatic rings. The van der Waals surface area contributed by atoms with Crippen molar-refractivity contribution in [3.05, 3.63) is 82.7 Å². The van der Waals surface area contributed by atoms with Crippen molar-refractivity contribution in [2.45, 2.75) is 45.4 Å². The molecule has 0 saturated carbocycles. The highest BCUT2D eigenvalue weighted by Gasteiger charge is 2.23. The van der Waals surface area contributed by atoms with Crippen molar-refractivity contribution in [1.29, 1.82) is 0 Å². The van der Waals surface area contributed by atoms with Gasteiger partial charge in [-0.3, -0.25) is 0 Å². The van der Waals surface area contributed by atoms with E-state index in [1.165, 1.54) is 25.3 Å². The fraction of sp³-hybridized carbons (Fsp3) is 0.344. The molecule has 0 fully saturated rings. The monoisotopic (exact) mass is 581 g/mol. The first-order valence-corrected chi connectivity index (χ1v) is 15.2. The number of sulfone groups is 1. The van der Waals surface area contributed by atoms with Gasteiger partial charge in [0.1, 0.15) is 23.9 Å². The van der Waals surface area contributed by atoms with Gasteiger partial charge in [-0.15, -0.1) is 0 Å². The van der Waals surface area contributed by atoms with Crippen molar-refractivity contribution in [3.63, 3.8) is 0 Å². The summed E-state index contributed by atoms with van der Waals surface area (Å²) in [5.74, 6) is 0.279. The van der Waals surface area contributed by atoms with E-state index in [1.807, 2.05) is 44.2 Å². The molecule has 1 N–H and O–H groups in total. The van der Waals surface area contributed by atoms with Crippen molar-refractivity contribution in [2.24, 2.45) is 0 Å². The summed E-state index contributed by atoms with van der Waals surface area (Å²) < 4.78 is 55.2. The summed E-state index contributed by atoms with van der Waals surface area (Å²) in [6.45, 7) is 8.11. The van der Waals surface area contributed by atoms with Crippen molar-refractivity contribution in [2.75, 3.05) is 31.4 Å². The lowest BCUT2D eigenvalue weighted by Crippen LogP contribution is -2.24. The number of anilines is 1. The van der Waals surface area contributed by atoms with Crippen LogP contribution in [0.15, 0.2) is 54.6 Å². The zero-order chi connectivity index (χ0) is 29.7. The van der Waals surface area contributed by atoms with E-state index in [-0.39, 0.29) is 22.6 Å². The van der Waals surface area contributed by atoms with Crippen molar-refractivity contribution in [3.8, 4) is 22.6 Å². The Hall–Kier alpha value is -3.85. The number of carbonyl (C=O) groups excluding carboxylic acids is 1. The number of halogens is 1. The van der Waals surface area contributed by atoms with Crippen LogP contribution >= 0.6 is 0 Å². The number of carbonyl (C=O) groups is 1. The second-order valence-corrected chi connectivity index (χ2v) is 13.1. The number of hydrogen-bond acceptors (Lipinski definition) is 7. The molecule has 1 atom stereocenters. The topological polar surface area (TPSA) is 90.9 Å². The Morgan fingerprint density at radius 2 is 1.88 bits per heavy atom. The molecule has 4 rings (SSSR count). The fourth-order valence-electron chi connectivity index (χ4n) is 4.80. The molecule has 41 heavy (non-hydrogen) atoms. The second-order valence-electron chi connectivity index (χ2n) is 10.4. The molecule has 1 aliphatic heterocycles. The second kappa shape index (κ2) is 12.8. The van der Waals surface area contributed by atoms with Gasteiger partial charge in [0.15, 0.2) is 9.84 Å². The van der Waals surface area contributed by atoms with Crippen LogP contribution in [-0.2, 0) is 19.4 Å². The lowest BCUT2D eigenvalue weighted by atomic mass is 9.93. The minimum Gasteiger partial charge on any atom is -0.494 e. The molecule has 0 saturated heterocycles. The Bertz CT molecular complexity index is 1540. The van der Waals surface area contributed by atoms with E-state index in [2.05, 4.69) is 16.1 Å². The molecule has 0 bridgehead atoms. The number of benzene rings is 3. The maximum atomic E-state index is 14.7. The molecular weight excluding hydrogens is 545 g/mol. The number of nitrogens with one attached hydrogen (secondary N) is 1. The highest BCUT2D eigenvalue weighted by molar-refractivity contribution is 7.91. The Balaban J connectivity index is 1.48. The summed E-state index contributed by atoms with van der Waals surface area (Å²) in [7, 11) is -1.82. The van der Waals surface area contributed by atoms with Gasteiger partial charge in [-0.1, -0.05) is 18.2 Å². The molecule has 3 aromatic carbocycles. The van der Waals surface area contributed by atoms with Gasteiger partial charge >= 0.3 is 5.97 Å². The summed E-state index contributed by atoms with van der Waals surface area (Å²) in [6.07, 6.45) is 2.97. The minimum atomic E-state index is -3.08. The number of methoxy groups -OCH3 is 1. The van der Waals surface area contributed by atoms with Gasteiger partial charge < -0.3 is 19.5 Å². The largest absolute Gasteiger partial charge is 0.494 e. The van der Waals surface area contributed by atoms with Gasteiger partial charge in [0, 0.05) is 17.7 Å². The molecular formula is C32H36FNO6S. The predicted molar refractivity (Wildman–Crippen MR) is 160 cm³/mol. The van der Waals surface area contributed by atoms with Crippen LogP contribution in [0.25, 0.3) is 17.2 Å². The van der Waals surface area contributed by atoms with E-state index in [9.17, 15) is 17.6 Å². The van der Waals surface area contributed by atoms with E-state index in [0.29, 0.717) is 36.8 Å². The number of aryl methyl sites for hydroxylation is 2. The molecule has 0 spiro atoms. The first-order valence-electron chi connectivity index (χ1n) is 13.5. The molecule has 7 nitrogen and oxygen atoms in total. The third kappa shape index (κ3) is 7.27. The Morgan fingerprint density at radius 3 is 2.56 bits per heavy atom. The Kier molecular flexibility index (Phi) is 9.38. The van der Waals surface area contributed by atoms with E-state index >= 15 is 0 Å². The molecule has 1 heterocycles. The normalized spacial score (nSPS) is 14.9. The summed E-state index contributed by atoms with van der Waals surface area (Å²) in [5, 5.41) is 2.99. The standard InChI is InChI=1S/C32H36FNO6S/c1-20(2)41(36,37)13-7-12-39-26-14-21(3)32(22(4)15-26)25-9-6-8-24(16-25)29-19-40-30-17-23(10-11-31(35)38-5)27(33)18-28(30)34-29/h6,8-11,14-18,20,29,34H,7,12-13,19H2,1-5H3/b11-10+. The van der Waals surface area contributed by atoms with E-state index in [1.54, 1.807) is 19.9 Å². The molecule has 1 unspecified atom stereocenters. The van der Waals surface area contributed by atoms with Gasteiger partial charge in [-0.05, 0) is 92.3 Å². The lowest BCUT2D eigenvalue weighted by molar-refractivity contribution is -0.134. The summed E-state index contributed by atoms with van der Waals surface area (Å²) in [6, 6.07) is 14.8. The molecule has 1 aliphatic rings. The smallest absolute Gasteiger partial charge is 0.330 e. The van der Waals surface area contributed by atoms with Crippen LogP contribution in [0.5, 0.6) is 11.5 Å². The zero-order valence-corrected chi connectivity index (χ0v) is 24.8. The summed E-state index contributed by atoms with van der Waals surface area (Å²) >= 11 is 0. The van der Waals surface area contributed by atoms with Crippen molar-refractivity contribution < 1.29 is 31.8 Å². The van der Waals surface area contributed by atoms with Gasteiger partial charge in [0.2, 0.25) is 0 Å². The first kappa shape index (κ1) is 30.1. The fourth-order valence-corrected chi connectivity index (χ4v) is 5.79. The third-order valence-electron chi connectivity index (χ3n) is 7.08. The van der Waals surface area contributed by atoms with Crippen molar-refractivity contribution in [1.82, 2.24) is 0 Å². The predicted octanol–water partition coefficient (Wildman–Crippen LogP) is 6.43. The van der Waals surface area contributed by atoms with Crippen LogP contribution in [0.3, 0.4) is 0 Å². The summed E-state index contributed by atoms with van der Waals surface area (Å²) in [4.78, 5) is 11.4. The molecule has 218 valence electrons. The number of fused-ring (bicyclic) bond motifs is 1. The highest BCUT2D eigenvalue weighted by Crippen LogP contribution is 2.38. The van der Waals surface area contributed by atoms with Gasteiger partial charge in [0.25, 0.3) is 0 Å². The maximum absolute atomic E-state index is 14.7. The van der Waals surface area contributed by atoms with Gasteiger partial charge in [-0.2, -0.15) is 0 Å². The van der Waals surface area contributed by atoms with E-state index in [0.717, 1.165) is 27.8 Å². The number of ether oxygens (including phenoxy) is 3. The summed E-state index contributed by atoms with van der Waals surface area (Å²) in [5.41, 5.74) is 5.97. The molecule has 9 heteroatoms. The average Bonchev–Trinajstić information content (AvgIpc) is 2.93. The molecule has 0 amide bonds. The SMILES string of the molecule is COC(=O)/C=C/c1cc2c(cc1F)NC(c1cccc(-c3c(C)cc(OCCCS(=O)(=O)C(C)C)cc3C)c1)CO2. The van der Waals surface area contributed by atoms with Crippen LogP contribution in [-0.4, -0.2) is 45.7 Å². The number of hydrogen-bond donors (Lipinski definition) is 1. The maximum Gasteiger partial charge on any atom is 0.330 e. The van der Waals surface area contributed by atoms with Crippen molar-refractivity contribution >= 4 is 27.6 Å². The number of rotatable bonds is 10. The van der Waals surface area contributed by atoms with Crippen LogP contribution in [0, 0.1) is 19.7 Å². The van der Waals surface area contributed by atoms with E-state index in [4.69, 9.17) is 9.47 Å². The highest BCUT2D eigenvalue weighted by atomic mass is 32.2. The molecule has 0 aromatic heterocycles. The van der Waals surface area contributed by atoms with Crippen LogP contribution in [0.1, 0.15) is 48.6 Å².